The number of hydrogen-bond donors (Lipinski definition) is 1. The van der Waals surface area contributed by atoms with Crippen molar-refractivity contribution in [3.63, 3.8) is 0 Å². The molecule has 0 unspecified atom stereocenters. The van der Waals surface area contributed by atoms with Crippen molar-refractivity contribution in [3.8, 4) is 6.07 Å². The molecule has 0 atom stereocenters. The molecule has 0 radical (unpaired) electrons. The maximum Gasteiger partial charge on any atom is 0.160 e. The van der Waals surface area contributed by atoms with E-state index >= 15 is 0 Å². The maximum atomic E-state index is 8.84. The topological polar surface area (TPSA) is 68.1 Å². The number of allylic oxidation sites excluding steroid dienone is 2. The van der Waals surface area contributed by atoms with Crippen LogP contribution in [0.4, 0.5) is 5.82 Å². The number of hydrogen-bond acceptors (Lipinski definition) is 4. The molecule has 1 aliphatic heterocycles. The number of aromatic amines is 1. The maximum absolute atomic E-state index is 8.84. The van der Waals surface area contributed by atoms with Gasteiger partial charge < -0.3 is 0 Å². The van der Waals surface area contributed by atoms with Crippen molar-refractivity contribution in [1.29, 1.82) is 5.26 Å². The van der Waals surface area contributed by atoms with Gasteiger partial charge in [-0.05, 0) is 12.8 Å². The molecule has 0 aromatic carbocycles. The van der Waals surface area contributed by atoms with Crippen LogP contribution in [0.5, 0.6) is 0 Å². The quantitative estimate of drug-likeness (QED) is 0.927. The van der Waals surface area contributed by atoms with Crippen LogP contribution in [-0.2, 0) is 0 Å². The molecule has 0 amide bonds. The van der Waals surface area contributed by atoms with Crippen LogP contribution in [0.3, 0.4) is 0 Å². The molecule has 0 saturated heterocycles. The molecule has 2 heterocycles. The Morgan fingerprint density at radius 1 is 1.52 bits per heavy atom. The fourth-order valence-corrected chi connectivity index (χ4v) is 2.86. The Bertz CT molecular complexity index is 703. The summed E-state index contributed by atoms with van der Waals surface area (Å²) in [4.78, 5) is 6.54. The standard InChI is InChI=1S/C15H14ClN5/c1-10-15-11(16)4-2-5-12(15)19-13(6-3-8-17)21(10)14-7-9-18-20-14/h5,7,9H,1-4,6H2,(H,18,20). The monoisotopic (exact) mass is 299 g/mol. The van der Waals surface area contributed by atoms with E-state index in [0.717, 1.165) is 40.7 Å². The van der Waals surface area contributed by atoms with E-state index in [9.17, 15) is 0 Å². The lowest BCUT2D eigenvalue weighted by Gasteiger charge is -2.33. The van der Waals surface area contributed by atoms with Gasteiger partial charge in [0, 0.05) is 35.7 Å². The number of nitriles is 1. The largest absolute Gasteiger partial charge is 0.284 e. The zero-order valence-electron chi connectivity index (χ0n) is 11.4. The molecule has 0 fully saturated rings. The van der Waals surface area contributed by atoms with E-state index in [-0.39, 0.29) is 0 Å². The van der Waals surface area contributed by atoms with Gasteiger partial charge in [0.05, 0.1) is 17.5 Å². The van der Waals surface area contributed by atoms with Crippen LogP contribution in [-0.4, -0.2) is 16.0 Å². The Morgan fingerprint density at radius 2 is 2.38 bits per heavy atom. The van der Waals surface area contributed by atoms with Crippen LogP contribution >= 0.6 is 11.6 Å². The summed E-state index contributed by atoms with van der Waals surface area (Å²) >= 11 is 6.37. The zero-order valence-corrected chi connectivity index (χ0v) is 12.2. The molecule has 21 heavy (non-hydrogen) atoms. The Morgan fingerprint density at radius 3 is 3.10 bits per heavy atom. The second-order valence-electron chi connectivity index (χ2n) is 4.81. The lowest BCUT2D eigenvalue weighted by Crippen LogP contribution is -2.35. The van der Waals surface area contributed by atoms with Crippen LogP contribution in [0.1, 0.15) is 25.7 Å². The third kappa shape index (κ3) is 2.39. The van der Waals surface area contributed by atoms with Gasteiger partial charge in [-0.3, -0.25) is 10.00 Å². The second-order valence-corrected chi connectivity index (χ2v) is 5.26. The first-order valence-corrected chi connectivity index (χ1v) is 7.13. The van der Waals surface area contributed by atoms with E-state index in [2.05, 4.69) is 33.9 Å². The van der Waals surface area contributed by atoms with E-state index in [0.29, 0.717) is 18.7 Å². The van der Waals surface area contributed by atoms with Crippen molar-refractivity contribution in [3.05, 3.63) is 46.9 Å². The number of aromatic nitrogens is 2. The lowest BCUT2D eigenvalue weighted by molar-refractivity contribution is 0.924. The molecule has 2 aliphatic rings. The van der Waals surface area contributed by atoms with Gasteiger partial charge in [0.2, 0.25) is 0 Å². The van der Waals surface area contributed by atoms with E-state index in [1.165, 1.54) is 0 Å². The molecule has 0 spiro atoms. The molecule has 1 aromatic heterocycles. The molecule has 1 aliphatic carbocycles. The SMILES string of the molecule is C=C1C2=C(Cl)CCC=C2N=C(CCC#N)N1c1cc[nH]n1. The molecule has 0 bridgehead atoms. The lowest BCUT2D eigenvalue weighted by atomic mass is 9.97. The van der Waals surface area contributed by atoms with Gasteiger partial charge in [0.25, 0.3) is 0 Å². The summed E-state index contributed by atoms with van der Waals surface area (Å²) in [7, 11) is 0. The highest BCUT2D eigenvalue weighted by Crippen LogP contribution is 2.39. The fraction of sp³-hybridized carbons (Fsp3) is 0.267. The van der Waals surface area contributed by atoms with Crippen molar-refractivity contribution in [2.45, 2.75) is 25.7 Å². The molecule has 1 aromatic rings. The Hall–Kier alpha value is -2.32. The first kappa shape index (κ1) is 13.7. The van der Waals surface area contributed by atoms with E-state index in [1.807, 2.05) is 11.0 Å². The minimum Gasteiger partial charge on any atom is -0.284 e. The van der Waals surface area contributed by atoms with Gasteiger partial charge >= 0.3 is 0 Å². The van der Waals surface area contributed by atoms with Gasteiger partial charge in [0.15, 0.2) is 5.82 Å². The Labute approximate surface area is 127 Å². The van der Waals surface area contributed by atoms with E-state index in [1.54, 1.807) is 6.20 Å². The third-order valence-electron chi connectivity index (χ3n) is 3.47. The summed E-state index contributed by atoms with van der Waals surface area (Å²) < 4.78 is 0. The van der Waals surface area contributed by atoms with Crippen LogP contribution in [0.25, 0.3) is 0 Å². The number of rotatable bonds is 3. The minimum atomic E-state index is 0.396. The molecule has 1 N–H and O–H groups in total. The highest BCUT2D eigenvalue weighted by atomic mass is 35.5. The highest BCUT2D eigenvalue weighted by molar-refractivity contribution is 6.31. The summed E-state index contributed by atoms with van der Waals surface area (Å²) in [6, 6.07) is 4.00. The van der Waals surface area contributed by atoms with Crippen molar-refractivity contribution in [2.75, 3.05) is 4.90 Å². The Kier molecular flexibility index (Phi) is 3.63. The summed E-state index contributed by atoms with van der Waals surface area (Å²) in [5, 5.41) is 16.6. The molecule has 106 valence electrons. The average molecular weight is 300 g/mol. The number of amidine groups is 1. The van der Waals surface area contributed by atoms with Gasteiger partial charge in [-0.1, -0.05) is 24.3 Å². The second kappa shape index (κ2) is 5.58. The van der Waals surface area contributed by atoms with Crippen molar-refractivity contribution < 1.29 is 0 Å². The number of H-pyrrole nitrogens is 1. The molecule has 6 heteroatoms. The molecule has 3 rings (SSSR count). The van der Waals surface area contributed by atoms with Gasteiger partial charge in [-0.2, -0.15) is 10.4 Å². The van der Waals surface area contributed by atoms with Crippen LogP contribution in [0.15, 0.2) is 51.9 Å². The van der Waals surface area contributed by atoms with E-state index < -0.39 is 0 Å². The predicted molar refractivity (Wildman–Crippen MR) is 82.7 cm³/mol. The fourth-order valence-electron chi connectivity index (χ4n) is 2.55. The third-order valence-corrected chi connectivity index (χ3v) is 3.85. The van der Waals surface area contributed by atoms with Gasteiger partial charge in [-0.25, -0.2) is 4.99 Å². The number of anilines is 1. The minimum absolute atomic E-state index is 0.396. The summed E-state index contributed by atoms with van der Waals surface area (Å²) in [6.07, 6.45) is 6.43. The van der Waals surface area contributed by atoms with Crippen molar-refractivity contribution in [1.82, 2.24) is 10.2 Å². The zero-order chi connectivity index (χ0) is 14.8. The molecule has 0 saturated carbocycles. The first-order valence-electron chi connectivity index (χ1n) is 6.75. The highest BCUT2D eigenvalue weighted by Gasteiger charge is 2.30. The van der Waals surface area contributed by atoms with Crippen LogP contribution in [0.2, 0.25) is 0 Å². The number of aliphatic imine (C=N–C) groups is 1. The van der Waals surface area contributed by atoms with Crippen molar-refractivity contribution in [2.24, 2.45) is 4.99 Å². The number of halogens is 1. The Balaban J connectivity index is 2.10. The molecular formula is C15H14ClN5. The predicted octanol–water partition coefficient (Wildman–Crippen LogP) is 3.62. The average Bonchev–Trinajstić information content (AvgIpc) is 2.98. The number of fused-ring (bicyclic) bond motifs is 1. The van der Waals surface area contributed by atoms with Gasteiger partial charge in [-0.15, -0.1) is 0 Å². The summed E-state index contributed by atoms with van der Waals surface area (Å²) in [5.41, 5.74) is 2.50. The van der Waals surface area contributed by atoms with E-state index in [4.69, 9.17) is 16.9 Å². The van der Waals surface area contributed by atoms with Gasteiger partial charge in [0.1, 0.15) is 5.84 Å². The molecule has 5 nitrogen and oxygen atoms in total. The normalized spacial score (nSPS) is 18.1. The van der Waals surface area contributed by atoms with Crippen LogP contribution in [0, 0.1) is 11.3 Å². The van der Waals surface area contributed by atoms with Crippen LogP contribution < -0.4 is 4.90 Å². The number of nitrogens with one attached hydrogen (secondary N) is 1. The first-order chi connectivity index (χ1) is 10.2. The summed E-state index contributed by atoms with van der Waals surface area (Å²) in [6.45, 7) is 4.17. The number of nitrogens with zero attached hydrogens (tertiary/aromatic N) is 4. The summed E-state index contributed by atoms with van der Waals surface area (Å²) in [5.74, 6) is 1.48. The smallest absolute Gasteiger partial charge is 0.160 e. The van der Waals surface area contributed by atoms with Crippen molar-refractivity contribution >= 4 is 23.3 Å². The molecular weight excluding hydrogens is 286 g/mol.